The van der Waals surface area contributed by atoms with Crippen LogP contribution in [0.4, 0.5) is 11.8 Å². The molecule has 0 radical (unpaired) electrons. The number of benzene rings is 2. The summed E-state index contributed by atoms with van der Waals surface area (Å²) in [5, 5.41) is 10.4. The lowest BCUT2D eigenvalue weighted by atomic mass is 10.1. The number of ether oxygens (including phenoxy) is 1. The van der Waals surface area contributed by atoms with E-state index >= 15 is 0 Å². The number of nitrogen functional groups attached to an aromatic ring is 2. The van der Waals surface area contributed by atoms with Crippen LogP contribution in [0.25, 0.3) is 10.9 Å². The van der Waals surface area contributed by atoms with E-state index in [9.17, 15) is 9.90 Å². The van der Waals surface area contributed by atoms with Crippen LogP contribution in [0.2, 0.25) is 5.02 Å². The van der Waals surface area contributed by atoms with Gasteiger partial charge >= 0.3 is 5.97 Å². The lowest BCUT2D eigenvalue weighted by Gasteiger charge is -2.17. The summed E-state index contributed by atoms with van der Waals surface area (Å²) < 4.78 is 5.69. The predicted molar refractivity (Wildman–Crippen MR) is 90.8 cm³/mol. The maximum atomic E-state index is 11.6. The molecule has 1 atom stereocenters. The molecule has 7 nitrogen and oxygen atoms in total. The van der Waals surface area contributed by atoms with E-state index in [1.807, 2.05) is 0 Å². The minimum Gasteiger partial charge on any atom is -0.478 e. The zero-order valence-corrected chi connectivity index (χ0v) is 13.1. The molecule has 0 saturated carbocycles. The van der Waals surface area contributed by atoms with Gasteiger partial charge in [-0.05, 0) is 24.3 Å². The van der Waals surface area contributed by atoms with Crippen LogP contribution in [-0.2, 0) is 4.79 Å². The molecule has 122 valence electrons. The minimum atomic E-state index is -1.23. The van der Waals surface area contributed by atoms with Gasteiger partial charge in [-0.1, -0.05) is 29.8 Å². The Hall–Kier alpha value is -3.06. The van der Waals surface area contributed by atoms with Crippen molar-refractivity contribution in [3.05, 3.63) is 53.1 Å². The molecule has 1 heterocycles. The maximum absolute atomic E-state index is 11.6. The van der Waals surface area contributed by atoms with Crippen LogP contribution < -0.4 is 16.2 Å². The van der Waals surface area contributed by atoms with Crippen LogP contribution in [0.5, 0.6) is 5.75 Å². The molecule has 0 bridgehead atoms. The van der Waals surface area contributed by atoms with Crippen molar-refractivity contribution in [1.29, 1.82) is 0 Å². The van der Waals surface area contributed by atoms with E-state index in [0.717, 1.165) is 0 Å². The fourth-order valence-electron chi connectivity index (χ4n) is 2.32. The fraction of sp³-hybridized carbons (Fsp3) is 0.0625. The smallest absolute Gasteiger partial charge is 0.349 e. The van der Waals surface area contributed by atoms with Gasteiger partial charge in [0.05, 0.1) is 10.9 Å². The fourth-order valence-corrected chi connectivity index (χ4v) is 2.45. The number of hydrogen-bond donors (Lipinski definition) is 3. The number of nitrogens with zero attached hydrogens (tertiary/aromatic N) is 2. The molecule has 1 aromatic heterocycles. The number of carbonyl (C=O) groups is 1. The van der Waals surface area contributed by atoms with Crippen LogP contribution in [0.15, 0.2) is 42.5 Å². The zero-order valence-electron chi connectivity index (χ0n) is 12.3. The molecule has 0 aliphatic rings. The number of carboxylic acids is 1. The SMILES string of the molecule is Nc1nc(N)c2c(OC(C(=O)O)c3ccc(Cl)cc3)cccc2n1. The molecular weight excluding hydrogens is 332 g/mol. The van der Waals surface area contributed by atoms with Gasteiger partial charge in [-0.2, -0.15) is 4.98 Å². The van der Waals surface area contributed by atoms with Crippen molar-refractivity contribution < 1.29 is 14.6 Å². The molecule has 1 unspecified atom stereocenters. The lowest BCUT2D eigenvalue weighted by Crippen LogP contribution is -2.18. The van der Waals surface area contributed by atoms with E-state index < -0.39 is 12.1 Å². The van der Waals surface area contributed by atoms with Gasteiger partial charge < -0.3 is 21.3 Å². The lowest BCUT2D eigenvalue weighted by molar-refractivity contribution is -0.145. The molecule has 0 amide bonds. The molecular formula is C16H13ClN4O3. The van der Waals surface area contributed by atoms with Crippen molar-refractivity contribution in [2.75, 3.05) is 11.5 Å². The number of nitrogens with two attached hydrogens (primary N) is 2. The second-order valence-electron chi connectivity index (χ2n) is 5.01. The van der Waals surface area contributed by atoms with Crippen molar-refractivity contribution in [2.45, 2.75) is 6.10 Å². The summed E-state index contributed by atoms with van der Waals surface area (Å²) in [5.41, 5.74) is 12.4. The van der Waals surface area contributed by atoms with Gasteiger partial charge in [0.15, 0.2) is 0 Å². The quantitative estimate of drug-likeness (QED) is 0.664. The van der Waals surface area contributed by atoms with Gasteiger partial charge in [-0.25, -0.2) is 9.78 Å². The first kappa shape index (κ1) is 15.8. The van der Waals surface area contributed by atoms with Crippen LogP contribution in [-0.4, -0.2) is 21.0 Å². The summed E-state index contributed by atoms with van der Waals surface area (Å²) in [6, 6.07) is 11.3. The Balaban J connectivity index is 2.06. The Bertz CT molecular complexity index is 915. The normalized spacial score (nSPS) is 12.0. The van der Waals surface area contributed by atoms with Gasteiger partial charge in [0.1, 0.15) is 11.6 Å². The predicted octanol–water partition coefficient (Wildman–Crippen LogP) is 2.65. The van der Waals surface area contributed by atoms with Crippen molar-refractivity contribution in [3.63, 3.8) is 0 Å². The van der Waals surface area contributed by atoms with Crippen molar-refractivity contribution in [3.8, 4) is 5.75 Å². The molecule has 0 fully saturated rings. The van der Waals surface area contributed by atoms with E-state index in [1.165, 1.54) is 0 Å². The van der Waals surface area contributed by atoms with Gasteiger partial charge in [0.25, 0.3) is 0 Å². The molecule has 0 aliphatic heterocycles. The number of carboxylic acid groups (broad SMARTS) is 1. The molecule has 0 saturated heterocycles. The summed E-state index contributed by atoms with van der Waals surface area (Å²) in [4.78, 5) is 19.6. The van der Waals surface area contributed by atoms with Gasteiger partial charge in [-0.3, -0.25) is 0 Å². The van der Waals surface area contributed by atoms with Crippen molar-refractivity contribution in [2.24, 2.45) is 0 Å². The third-order valence-corrected chi connectivity index (χ3v) is 3.62. The van der Waals surface area contributed by atoms with E-state index in [1.54, 1.807) is 42.5 Å². The Morgan fingerprint density at radius 3 is 2.50 bits per heavy atom. The summed E-state index contributed by atoms with van der Waals surface area (Å²) in [5.74, 6) is -0.741. The first-order chi connectivity index (χ1) is 11.5. The number of aromatic nitrogens is 2. The highest BCUT2D eigenvalue weighted by Crippen LogP contribution is 2.32. The number of fused-ring (bicyclic) bond motifs is 1. The van der Waals surface area contributed by atoms with Crippen LogP contribution in [0, 0.1) is 0 Å². The highest BCUT2D eigenvalue weighted by molar-refractivity contribution is 6.30. The number of halogens is 1. The van der Waals surface area contributed by atoms with E-state index in [2.05, 4.69) is 9.97 Å². The number of rotatable bonds is 4. The molecule has 3 rings (SSSR count). The monoisotopic (exact) mass is 344 g/mol. The molecule has 0 spiro atoms. The van der Waals surface area contributed by atoms with Crippen LogP contribution in [0.1, 0.15) is 11.7 Å². The number of aliphatic carboxylic acids is 1. The Labute approximate surface area is 141 Å². The number of anilines is 2. The molecule has 3 aromatic rings. The van der Waals surface area contributed by atoms with Crippen molar-refractivity contribution >= 4 is 40.2 Å². The highest BCUT2D eigenvalue weighted by atomic mass is 35.5. The maximum Gasteiger partial charge on any atom is 0.349 e. The zero-order chi connectivity index (χ0) is 17.3. The second-order valence-corrected chi connectivity index (χ2v) is 5.44. The summed E-state index contributed by atoms with van der Waals surface area (Å²) >= 11 is 5.84. The summed E-state index contributed by atoms with van der Waals surface area (Å²) in [6.07, 6.45) is -1.23. The Kier molecular flexibility index (Phi) is 4.09. The highest BCUT2D eigenvalue weighted by Gasteiger charge is 2.23. The minimum absolute atomic E-state index is 0.0321. The van der Waals surface area contributed by atoms with Gasteiger partial charge in [-0.15, -0.1) is 0 Å². The topological polar surface area (TPSA) is 124 Å². The average molecular weight is 345 g/mol. The summed E-state index contributed by atoms with van der Waals surface area (Å²) in [6.45, 7) is 0. The van der Waals surface area contributed by atoms with E-state index in [-0.39, 0.29) is 17.5 Å². The van der Waals surface area contributed by atoms with E-state index in [0.29, 0.717) is 21.5 Å². The third-order valence-electron chi connectivity index (χ3n) is 3.37. The van der Waals surface area contributed by atoms with Gasteiger partial charge in [0, 0.05) is 10.6 Å². The van der Waals surface area contributed by atoms with E-state index in [4.69, 9.17) is 27.8 Å². The molecule has 24 heavy (non-hydrogen) atoms. The molecule has 2 aromatic carbocycles. The first-order valence-corrected chi connectivity index (χ1v) is 7.30. The van der Waals surface area contributed by atoms with Gasteiger partial charge in [0.2, 0.25) is 12.1 Å². The largest absolute Gasteiger partial charge is 0.478 e. The standard InChI is InChI=1S/C16H13ClN4O3/c17-9-6-4-8(5-7-9)13(15(22)23)24-11-3-1-2-10-12(11)14(18)21-16(19)20-10/h1-7,13H,(H,22,23)(H4,18,19,20,21). The van der Waals surface area contributed by atoms with Crippen LogP contribution in [0.3, 0.4) is 0 Å². The number of hydrogen-bond acceptors (Lipinski definition) is 6. The first-order valence-electron chi connectivity index (χ1n) is 6.92. The molecule has 8 heteroatoms. The Morgan fingerprint density at radius 2 is 1.83 bits per heavy atom. The third kappa shape index (κ3) is 3.02. The average Bonchev–Trinajstić information content (AvgIpc) is 2.52. The Morgan fingerprint density at radius 1 is 1.12 bits per heavy atom. The molecule has 5 N–H and O–H groups in total. The van der Waals surface area contributed by atoms with Crippen molar-refractivity contribution in [1.82, 2.24) is 9.97 Å². The second kappa shape index (κ2) is 6.21. The summed E-state index contributed by atoms with van der Waals surface area (Å²) in [7, 11) is 0. The van der Waals surface area contributed by atoms with Crippen LogP contribution >= 0.6 is 11.6 Å². The molecule has 0 aliphatic carbocycles.